The van der Waals surface area contributed by atoms with E-state index in [1.807, 2.05) is 6.07 Å². The van der Waals surface area contributed by atoms with Crippen molar-refractivity contribution in [3.63, 3.8) is 0 Å². The van der Waals surface area contributed by atoms with Crippen molar-refractivity contribution in [2.45, 2.75) is 25.7 Å². The number of guanidine groups is 1. The summed E-state index contributed by atoms with van der Waals surface area (Å²) in [5.41, 5.74) is 0.607. The predicted molar refractivity (Wildman–Crippen MR) is 134 cm³/mol. The second kappa shape index (κ2) is 13.8. The number of ether oxygens (including phenoxy) is 1. The molecule has 7 nitrogen and oxygen atoms in total. The van der Waals surface area contributed by atoms with Crippen LogP contribution in [0.5, 0.6) is 0 Å². The van der Waals surface area contributed by atoms with E-state index < -0.39 is 0 Å². The van der Waals surface area contributed by atoms with Crippen LogP contribution in [-0.2, 0) is 14.9 Å². The highest BCUT2D eigenvalue weighted by Gasteiger charge is 2.21. The van der Waals surface area contributed by atoms with Crippen molar-refractivity contribution in [2.75, 3.05) is 66.6 Å². The molecule has 31 heavy (non-hydrogen) atoms. The Balaban J connectivity index is 0.00000480. The Bertz CT molecular complexity index is 709. The normalized spacial score (nSPS) is 15.2. The largest absolute Gasteiger partial charge is 0.379 e. The molecule has 176 valence electrons. The Kier molecular flexibility index (Phi) is 12.3. The number of benzene rings is 1. The number of hydrogen-bond acceptors (Lipinski definition) is 4. The van der Waals surface area contributed by atoms with E-state index in [0.717, 1.165) is 51.4 Å². The SMILES string of the molecule is CN(C)C(=O)CN=C(NCCCN1CCOCC1)NCC(C)(C)c1cccc(F)c1.I. The van der Waals surface area contributed by atoms with Gasteiger partial charge >= 0.3 is 0 Å². The van der Waals surface area contributed by atoms with Crippen molar-refractivity contribution in [2.24, 2.45) is 4.99 Å². The van der Waals surface area contributed by atoms with Crippen molar-refractivity contribution in [1.82, 2.24) is 20.4 Å². The number of nitrogens with one attached hydrogen (secondary N) is 2. The molecule has 2 rings (SSSR count). The molecule has 0 atom stereocenters. The zero-order chi connectivity index (χ0) is 22.0. The van der Waals surface area contributed by atoms with Crippen LogP contribution in [-0.4, -0.2) is 88.2 Å². The topological polar surface area (TPSA) is 69.2 Å². The first kappa shape index (κ1) is 27.6. The number of halogens is 2. The number of carbonyl (C=O) groups is 1. The third-order valence-corrected chi connectivity index (χ3v) is 5.22. The summed E-state index contributed by atoms with van der Waals surface area (Å²) in [5.74, 6) is 0.290. The molecule has 1 saturated heterocycles. The summed E-state index contributed by atoms with van der Waals surface area (Å²) in [6.07, 6.45) is 0.968. The molecule has 9 heteroatoms. The van der Waals surface area contributed by atoms with Gasteiger partial charge in [0, 0.05) is 45.7 Å². The van der Waals surface area contributed by atoms with Crippen LogP contribution in [0.25, 0.3) is 0 Å². The van der Waals surface area contributed by atoms with Crippen LogP contribution in [0.4, 0.5) is 4.39 Å². The molecule has 0 radical (unpaired) electrons. The van der Waals surface area contributed by atoms with Crippen LogP contribution in [0, 0.1) is 5.82 Å². The predicted octanol–water partition coefficient (Wildman–Crippen LogP) is 2.07. The van der Waals surface area contributed by atoms with Crippen LogP contribution < -0.4 is 10.6 Å². The van der Waals surface area contributed by atoms with Gasteiger partial charge in [0.25, 0.3) is 0 Å². The first-order chi connectivity index (χ1) is 14.3. The smallest absolute Gasteiger partial charge is 0.243 e. The highest BCUT2D eigenvalue weighted by atomic mass is 127. The summed E-state index contributed by atoms with van der Waals surface area (Å²) < 4.78 is 19.0. The Morgan fingerprint density at radius 2 is 1.97 bits per heavy atom. The molecular formula is C22H37FIN5O2. The lowest BCUT2D eigenvalue weighted by atomic mass is 9.84. The van der Waals surface area contributed by atoms with Gasteiger partial charge < -0.3 is 20.3 Å². The Morgan fingerprint density at radius 1 is 1.26 bits per heavy atom. The second-order valence-corrected chi connectivity index (χ2v) is 8.44. The molecule has 1 aliphatic heterocycles. The van der Waals surface area contributed by atoms with E-state index in [1.165, 1.54) is 11.0 Å². The van der Waals surface area contributed by atoms with Gasteiger partial charge in [-0.25, -0.2) is 9.38 Å². The van der Waals surface area contributed by atoms with Crippen molar-refractivity contribution in [1.29, 1.82) is 0 Å². The molecule has 2 N–H and O–H groups in total. The minimum atomic E-state index is -0.302. The number of likely N-dealkylation sites (N-methyl/N-ethyl adjacent to an activating group) is 1. The minimum absolute atomic E-state index is 0. The minimum Gasteiger partial charge on any atom is -0.379 e. The third kappa shape index (κ3) is 10.1. The lowest BCUT2D eigenvalue weighted by Crippen LogP contribution is -2.45. The maximum Gasteiger partial charge on any atom is 0.243 e. The summed E-state index contributed by atoms with van der Waals surface area (Å²) in [7, 11) is 3.43. The highest BCUT2D eigenvalue weighted by Crippen LogP contribution is 2.22. The quantitative estimate of drug-likeness (QED) is 0.214. The highest BCUT2D eigenvalue weighted by molar-refractivity contribution is 14.0. The summed E-state index contributed by atoms with van der Waals surface area (Å²) >= 11 is 0. The summed E-state index contributed by atoms with van der Waals surface area (Å²) in [5, 5.41) is 6.65. The van der Waals surface area contributed by atoms with E-state index in [2.05, 4.69) is 34.4 Å². The molecular weight excluding hydrogens is 512 g/mol. The van der Waals surface area contributed by atoms with Crippen molar-refractivity contribution < 1.29 is 13.9 Å². The lowest BCUT2D eigenvalue weighted by molar-refractivity contribution is -0.127. The van der Waals surface area contributed by atoms with Gasteiger partial charge in [0.05, 0.1) is 13.2 Å². The van der Waals surface area contributed by atoms with Crippen molar-refractivity contribution >= 4 is 35.8 Å². The van der Waals surface area contributed by atoms with Crippen LogP contribution >= 0.6 is 24.0 Å². The van der Waals surface area contributed by atoms with Gasteiger partial charge in [-0.2, -0.15) is 0 Å². The number of morpholine rings is 1. The molecule has 1 fully saturated rings. The van der Waals surface area contributed by atoms with Crippen molar-refractivity contribution in [3.8, 4) is 0 Å². The maximum atomic E-state index is 13.6. The number of amides is 1. The number of carbonyl (C=O) groups excluding carboxylic acids is 1. The van der Waals surface area contributed by atoms with E-state index in [1.54, 1.807) is 26.2 Å². The molecule has 1 heterocycles. The molecule has 1 aliphatic rings. The molecule has 0 bridgehead atoms. The van der Waals surface area contributed by atoms with Gasteiger partial charge in [-0.3, -0.25) is 9.69 Å². The second-order valence-electron chi connectivity index (χ2n) is 8.44. The molecule has 0 aliphatic carbocycles. The van der Waals surface area contributed by atoms with E-state index in [0.29, 0.717) is 12.5 Å². The van der Waals surface area contributed by atoms with E-state index in [-0.39, 0.29) is 47.7 Å². The number of hydrogen-bond donors (Lipinski definition) is 2. The zero-order valence-corrected chi connectivity index (χ0v) is 21.4. The average Bonchev–Trinajstić information content (AvgIpc) is 2.73. The van der Waals surface area contributed by atoms with Crippen LogP contribution in [0.15, 0.2) is 29.3 Å². The monoisotopic (exact) mass is 549 g/mol. The Labute approximate surface area is 202 Å². The maximum absolute atomic E-state index is 13.6. The fourth-order valence-electron chi connectivity index (χ4n) is 3.11. The fourth-order valence-corrected chi connectivity index (χ4v) is 3.11. The number of nitrogens with zero attached hydrogens (tertiary/aromatic N) is 3. The van der Waals surface area contributed by atoms with Gasteiger partial charge in [0.2, 0.25) is 5.91 Å². The average molecular weight is 549 g/mol. The van der Waals surface area contributed by atoms with Gasteiger partial charge in [-0.05, 0) is 30.7 Å². The first-order valence-electron chi connectivity index (χ1n) is 10.6. The van der Waals surface area contributed by atoms with Gasteiger partial charge in [0.15, 0.2) is 5.96 Å². The Hall–Kier alpha value is -1.46. The van der Waals surface area contributed by atoms with E-state index >= 15 is 0 Å². The van der Waals surface area contributed by atoms with Gasteiger partial charge in [0.1, 0.15) is 12.4 Å². The summed E-state index contributed by atoms with van der Waals surface area (Å²) in [6, 6.07) is 6.65. The molecule has 0 unspecified atom stereocenters. The molecule has 1 aromatic rings. The molecule has 1 aromatic carbocycles. The molecule has 0 spiro atoms. The molecule has 0 saturated carbocycles. The van der Waals surface area contributed by atoms with E-state index in [9.17, 15) is 9.18 Å². The van der Waals surface area contributed by atoms with Crippen LogP contribution in [0.3, 0.4) is 0 Å². The summed E-state index contributed by atoms with van der Waals surface area (Å²) in [6.45, 7) is 10.0. The lowest BCUT2D eigenvalue weighted by Gasteiger charge is -2.28. The first-order valence-corrected chi connectivity index (χ1v) is 10.6. The van der Waals surface area contributed by atoms with Gasteiger partial charge in [-0.15, -0.1) is 24.0 Å². The standard InChI is InChI=1S/C22H36FN5O2.HI/c1-22(2,18-7-5-8-19(23)15-18)17-26-21(25-16-20(29)27(3)4)24-9-6-10-28-11-13-30-14-12-28;/h5,7-8,15H,6,9-14,16-17H2,1-4H3,(H2,24,25,26);1H. The Morgan fingerprint density at radius 3 is 2.61 bits per heavy atom. The molecule has 1 amide bonds. The van der Waals surface area contributed by atoms with Gasteiger partial charge in [-0.1, -0.05) is 26.0 Å². The van der Waals surface area contributed by atoms with Crippen molar-refractivity contribution in [3.05, 3.63) is 35.6 Å². The zero-order valence-electron chi connectivity index (χ0n) is 19.1. The fraction of sp³-hybridized carbons (Fsp3) is 0.636. The summed E-state index contributed by atoms with van der Waals surface area (Å²) in [4.78, 5) is 20.3. The third-order valence-electron chi connectivity index (χ3n) is 5.22. The van der Waals surface area contributed by atoms with E-state index in [4.69, 9.17) is 4.74 Å². The number of aliphatic imine (C=N–C) groups is 1. The van der Waals surface area contributed by atoms with Crippen LogP contribution in [0.2, 0.25) is 0 Å². The number of rotatable bonds is 9. The molecule has 0 aromatic heterocycles. The van der Waals surface area contributed by atoms with Crippen LogP contribution in [0.1, 0.15) is 25.8 Å².